The largest absolute Gasteiger partial charge is 0.496 e. The van der Waals surface area contributed by atoms with Crippen molar-refractivity contribution >= 4 is 17.4 Å². The van der Waals surface area contributed by atoms with Gasteiger partial charge in [-0.3, -0.25) is 4.79 Å². The van der Waals surface area contributed by atoms with Crippen molar-refractivity contribution in [3.8, 4) is 5.75 Å². The Hall–Kier alpha value is -1.06. The summed E-state index contributed by atoms with van der Waals surface area (Å²) in [5, 5.41) is 0.498. The number of rotatable bonds is 4. The summed E-state index contributed by atoms with van der Waals surface area (Å²) in [6, 6.07) is 3.34. The highest BCUT2D eigenvalue weighted by Crippen LogP contribution is 2.27. The van der Waals surface area contributed by atoms with Gasteiger partial charge in [0, 0.05) is 22.6 Å². The van der Waals surface area contributed by atoms with Crippen molar-refractivity contribution in [3.63, 3.8) is 0 Å². The molecular formula is C11H14ClNO2. The van der Waals surface area contributed by atoms with Crippen LogP contribution >= 0.6 is 11.6 Å². The molecule has 0 aliphatic heterocycles. The van der Waals surface area contributed by atoms with Crippen LogP contribution in [0.15, 0.2) is 12.1 Å². The molecule has 82 valence electrons. The predicted octanol–water partition coefficient (Wildman–Crippen LogP) is 2.19. The Labute approximate surface area is 94.2 Å². The van der Waals surface area contributed by atoms with E-state index in [-0.39, 0.29) is 5.78 Å². The van der Waals surface area contributed by atoms with E-state index >= 15 is 0 Å². The van der Waals surface area contributed by atoms with Crippen molar-refractivity contribution in [2.24, 2.45) is 5.73 Å². The molecule has 0 fully saturated rings. The van der Waals surface area contributed by atoms with Crippen molar-refractivity contribution in [3.05, 3.63) is 28.3 Å². The van der Waals surface area contributed by atoms with E-state index in [0.717, 1.165) is 5.56 Å². The second-order valence-corrected chi connectivity index (χ2v) is 3.68. The molecule has 3 nitrogen and oxygen atoms in total. The second kappa shape index (κ2) is 5.14. The van der Waals surface area contributed by atoms with Crippen LogP contribution in [0.25, 0.3) is 0 Å². The lowest BCUT2D eigenvalue weighted by atomic mass is 10.0. The Bertz CT molecular complexity index is 377. The maximum Gasteiger partial charge on any atom is 0.164 e. The van der Waals surface area contributed by atoms with Crippen LogP contribution in [-0.4, -0.2) is 19.4 Å². The molecule has 0 unspecified atom stereocenters. The minimum atomic E-state index is -0.00389. The summed E-state index contributed by atoms with van der Waals surface area (Å²) in [4.78, 5) is 11.7. The van der Waals surface area contributed by atoms with Gasteiger partial charge < -0.3 is 10.5 Å². The van der Waals surface area contributed by atoms with Crippen LogP contribution in [0, 0.1) is 6.92 Å². The normalized spacial score (nSPS) is 10.1. The first-order valence-corrected chi connectivity index (χ1v) is 5.05. The summed E-state index contributed by atoms with van der Waals surface area (Å²) >= 11 is 5.88. The fourth-order valence-electron chi connectivity index (χ4n) is 1.42. The summed E-state index contributed by atoms with van der Waals surface area (Å²) in [6.07, 6.45) is 0.324. The highest BCUT2D eigenvalue weighted by molar-refractivity contribution is 6.31. The second-order valence-electron chi connectivity index (χ2n) is 3.24. The Kier molecular flexibility index (Phi) is 4.12. The Morgan fingerprint density at radius 1 is 1.53 bits per heavy atom. The van der Waals surface area contributed by atoms with Gasteiger partial charge in [-0.2, -0.15) is 0 Å². The molecule has 0 aliphatic carbocycles. The maximum atomic E-state index is 11.7. The molecule has 0 aliphatic rings. The van der Waals surface area contributed by atoms with E-state index in [1.165, 1.54) is 0 Å². The lowest BCUT2D eigenvalue weighted by Gasteiger charge is -2.10. The number of ether oxygens (including phenoxy) is 1. The zero-order chi connectivity index (χ0) is 11.4. The molecule has 0 saturated carbocycles. The Balaban J connectivity index is 3.17. The number of nitrogens with two attached hydrogens (primary N) is 1. The van der Waals surface area contributed by atoms with Gasteiger partial charge in [-0.25, -0.2) is 0 Å². The fourth-order valence-corrected chi connectivity index (χ4v) is 1.63. The van der Waals surface area contributed by atoms with Crippen LogP contribution in [0.4, 0.5) is 0 Å². The van der Waals surface area contributed by atoms with Gasteiger partial charge >= 0.3 is 0 Å². The lowest BCUT2D eigenvalue weighted by molar-refractivity contribution is 0.0984. The van der Waals surface area contributed by atoms with E-state index < -0.39 is 0 Å². The average molecular weight is 228 g/mol. The molecular weight excluding hydrogens is 214 g/mol. The van der Waals surface area contributed by atoms with Gasteiger partial charge in [0.25, 0.3) is 0 Å². The molecule has 0 aromatic heterocycles. The van der Waals surface area contributed by atoms with Crippen LogP contribution in [0.2, 0.25) is 5.02 Å². The third-order valence-electron chi connectivity index (χ3n) is 2.22. The zero-order valence-corrected chi connectivity index (χ0v) is 9.60. The molecule has 1 aromatic rings. The number of carbonyl (C=O) groups is 1. The van der Waals surface area contributed by atoms with Gasteiger partial charge in [0.15, 0.2) is 5.78 Å². The fraction of sp³-hybridized carbons (Fsp3) is 0.364. The molecule has 0 amide bonds. The molecule has 0 atom stereocenters. The first-order chi connectivity index (χ1) is 7.10. The van der Waals surface area contributed by atoms with E-state index in [0.29, 0.717) is 29.3 Å². The van der Waals surface area contributed by atoms with Crippen LogP contribution in [0.5, 0.6) is 5.75 Å². The van der Waals surface area contributed by atoms with Crippen LogP contribution in [-0.2, 0) is 0 Å². The lowest BCUT2D eigenvalue weighted by Crippen LogP contribution is -2.10. The smallest absolute Gasteiger partial charge is 0.164 e. The van der Waals surface area contributed by atoms with Crippen molar-refractivity contribution in [1.29, 1.82) is 0 Å². The van der Waals surface area contributed by atoms with Gasteiger partial charge in [0.1, 0.15) is 5.75 Å². The molecule has 15 heavy (non-hydrogen) atoms. The minimum absolute atomic E-state index is 0.00389. The highest BCUT2D eigenvalue weighted by atomic mass is 35.5. The highest BCUT2D eigenvalue weighted by Gasteiger charge is 2.13. The Morgan fingerprint density at radius 2 is 2.20 bits per heavy atom. The molecule has 4 heteroatoms. The molecule has 2 N–H and O–H groups in total. The van der Waals surface area contributed by atoms with Gasteiger partial charge in [0.2, 0.25) is 0 Å². The number of hydrogen-bond acceptors (Lipinski definition) is 3. The summed E-state index contributed by atoms with van der Waals surface area (Å²) in [5.74, 6) is 0.624. The first-order valence-electron chi connectivity index (χ1n) is 4.67. The predicted molar refractivity (Wildman–Crippen MR) is 60.7 cm³/mol. The molecule has 0 bridgehead atoms. The number of Topliss-reactive ketones (excluding diaryl/α,β-unsaturated/α-hetero) is 1. The third kappa shape index (κ3) is 2.70. The maximum absolute atomic E-state index is 11.7. The standard InChI is InChI=1S/C11H14ClNO2/c1-7-9(10(14)3-4-13)5-8(12)6-11(7)15-2/h5-6H,3-4,13H2,1-2H3. The van der Waals surface area contributed by atoms with Crippen LogP contribution in [0.3, 0.4) is 0 Å². The van der Waals surface area contributed by atoms with Crippen LogP contribution in [0.1, 0.15) is 22.3 Å². The van der Waals surface area contributed by atoms with Crippen molar-refractivity contribution < 1.29 is 9.53 Å². The summed E-state index contributed by atoms with van der Waals surface area (Å²) < 4.78 is 5.13. The summed E-state index contributed by atoms with van der Waals surface area (Å²) in [6.45, 7) is 2.17. The Morgan fingerprint density at radius 3 is 2.73 bits per heavy atom. The number of methoxy groups -OCH3 is 1. The van der Waals surface area contributed by atoms with Crippen molar-refractivity contribution in [2.45, 2.75) is 13.3 Å². The third-order valence-corrected chi connectivity index (χ3v) is 2.43. The SMILES string of the molecule is COc1cc(Cl)cc(C(=O)CCN)c1C. The quantitative estimate of drug-likeness (QED) is 0.803. The molecule has 0 saturated heterocycles. The summed E-state index contributed by atoms with van der Waals surface area (Å²) in [5.41, 5.74) is 6.73. The van der Waals surface area contributed by atoms with Crippen LogP contribution < -0.4 is 10.5 Å². The number of benzene rings is 1. The number of ketones is 1. The van der Waals surface area contributed by atoms with Gasteiger partial charge in [-0.1, -0.05) is 11.6 Å². The average Bonchev–Trinajstić information content (AvgIpc) is 2.21. The summed E-state index contributed by atoms with van der Waals surface area (Å²) in [7, 11) is 1.55. The zero-order valence-electron chi connectivity index (χ0n) is 8.84. The molecule has 0 spiro atoms. The van der Waals surface area contributed by atoms with Gasteiger partial charge in [0.05, 0.1) is 7.11 Å². The van der Waals surface area contributed by atoms with Crippen molar-refractivity contribution in [1.82, 2.24) is 0 Å². The first kappa shape index (κ1) is 12.0. The van der Waals surface area contributed by atoms with E-state index in [4.69, 9.17) is 22.1 Å². The van der Waals surface area contributed by atoms with Gasteiger partial charge in [-0.15, -0.1) is 0 Å². The molecule has 0 heterocycles. The molecule has 0 radical (unpaired) electrons. The van der Waals surface area contributed by atoms with Gasteiger partial charge in [-0.05, 0) is 25.6 Å². The molecule has 1 aromatic carbocycles. The van der Waals surface area contributed by atoms with E-state index in [1.807, 2.05) is 6.92 Å². The number of halogens is 1. The van der Waals surface area contributed by atoms with E-state index in [1.54, 1.807) is 19.2 Å². The minimum Gasteiger partial charge on any atom is -0.496 e. The monoisotopic (exact) mass is 227 g/mol. The number of carbonyl (C=O) groups excluding carboxylic acids is 1. The van der Waals surface area contributed by atoms with E-state index in [2.05, 4.69) is 0 Å². The van der Waals surface area contributed by atoms with E-state index in [9.17, 15) is 4.79 Å². The molecule has 1 rings (SSSR count). The number of hydrogen-bond donors (Lipinski definition) is 1. The topological polar surface area (TPSA) is 52.3 Å². The van der Waals surface area contributed by atoms with Crippen molar-refractivity contribution in [2.75, 3.05) is 13.7 Å².